The van der Waals surface area contributed by atoms with E-state index in [0.717, 1.165) is 12.8 Å². The Hall–Kier alpha value is -2.30. The van der Waals surface area contributed by atoms with Crippen molar-refractivity contribution in [3.63, 3.8) is 0 Å². The molecule has 0 heterocycles. The number of methoxy groups -OCH3 is 1. The van der Waals surface area contributed by atoms with Gasteiger partial charge in [0.15, 0.2) is 0 Å². The van der Waals surface area contributed by atoms with E-state index in [4.69, 9.17) is 9.84 Å². The van der Waals surface area contributed by atoms with Crippen molar-refractivity contribution >= 4 is 5.97 Å². The molecule has 0 bridgehead atoms. The van der Waals surface area contributed by atoms with E-state index >= 15 is 0 Å². The lowest BCUT2D eigenvalue weighted by Gasteiger charge is -2.26. The number of rotatable bonds is 3. The first-order valence-corrected chi connectivity index (χ1v) is 6.30. The maximum absolute atomic E-state index is 11.1. The molecule has 1 aliphatic carbocycles. The molecule has 1 N–H and O–H groups in total. The Kier molecular flexibility index (Phi) is 3.53. The van der Waals surface area contributed by atoms with Crippen molar-refractivity contribution in [1.29, 1.82) is 5.26 Å². The number of aromatic carboxylic acids is 1. The summed E-state index contributed by atoms with van der Waals surface area (Å²) in [5.74, 6) is 4.79. The Morgan fingerprint density at radius 2 is 2.10 bits per heavy atom. The van der Waals surface area contributed by atoms with Crippen molar-refractivity contribution in [2.75, 3.05) is 7.11 Å². The average Bonchev–Trinajstić information content (AvgIpc) is 3.26. The van der Waals surface area contributed by atoms with Crippen LogP contribution in [0.1, 0.15) is 35.7 Å². The van der Waals surface area contributed by atoms with Gasteiger partial charge in [-0.25, -0.2) is 4.79 Å². The minimum Gasteiger partial charge on any atom is -0.478 e. The van der Waals surface area contributed by atoms with E-state index in [9.17, 15) is 10.1 Å². The van der Waals surface area contributed by atoms with E-state index in [0.29, 0.717) is 5.56 Å². The number of carboxylic acid groups (broad SMARTS) is 1. The molecular weight excluding hydrogens is 254 g/mol. The maximum atomic E-state index is 11.1. The molecule has 0 radical (unpaired) electrons. The highest BCUT2D eigenvalue weighted by atomic mass is 16.5. The summed E-state index contributed by atoms with van der Waals surface area (Å²) in [5.41, 5.74) is -0.877. The first-order chi connectivity index (χ1) is 9.48. The van der Waals surface area contributed by atoms with Gasteiger partial charge < -0.3 is 9.84 Å². The zero-order valence-electron chi connectivity index (χ0n) is 11.4. The molecular formula is C16H15NO3. The zero-order valence-corrected chi connectivity index (χ0v) is 11.4. The lowest BCUT2D eigenvalue weighted by Crippen LogP contribution is -2.36. The van der Waals surface area contributed by atoms with Gasteiger partial charge in [0.25, 0.3) is 0 Å². The van der Waals surface area contributed by atoms with Crippen molar-refractivity contribution in [3.05, 3.63) is 35.4 Å². The van der Waals surface area contributed by atoms with E-state index in [2.05, 4.69) is 17.9 Å². The molecule has 1 fully saturated rings. The van der Waals surface area contributed by atoms with Gasteiger partial charge in [-0.3, -0.25) is 0 Å². The molecule has 20 heavy (non-hydrogen) atoms. The standard InChI is InChI=1S/C16H15NO3/c1-15(20-2,16(11-17)9-10-16)8-7-12-5-3-4-6-13(12)14(18)19/h3-6H,9-10H2,1-2H3,(H,18,19)/t15-/m0/s1. The molecule has 1 aromatic carbocycles. The average molecular weight is 269 g/mol. The van der Waals surface area contributed by atoms with Crippen LogP contribution in [0.5, 0.6) is 0 Å². The van der Waals surface area contributed by atoms with Crippen LogP contribution in [-0.2, 0) is 4.74 Å². The van der Waals surface area contributed by atoms with Crippen LogP contribution in [-0.4, -0.2) is 23.8 Å². The topological polar surface area (TPSA) is 70.3 Å². The number of hydrogen-bond donors (Lipinski definition) is 1. The molecule has 2 rings (SSSR count). The number of nitriles is 1. The van der Waals surface area contributed by atoms with Crippen LogP contribution in [0.15, 0.2) is 24.3 Å². The summed E-state index contributed by atoms with van der Waals surface area (Å²) >= 11 is 0. The molecule has 0 amide bonds. The summed E-state index contributed by atoms with van der Waals surface area (Å²) in [5, 5.41) is 18.4. The van der Waals surface area contributed by atoms with E-state index in [1.54, 1.807) is 25.1 Å². The minimum absolute atomic E-state index is 0.153. The summed E-state index contributed by atoms with van der Waals surface area (Å²) in [6, 6.07) is 8.82. The molecule has 4 nitrogen and oxygen atoms in total. The predicted molar refractivity (Wildman–Crippen MR) is 73.0 cm³/mol. The van der Waals surface area contributed by atoms with Crippen LogP contribution in [0.3, 0.4) is 0 Å². The number of carbonyl (C=O) groups is 1. The Balaban J connectivity index is 2.40. The van der Waals surface area contributed by atoms with Gasteiger partial charge >= 0.3 is 5.97 Å². The van der Waals surface area contributed by atoms with Crippen molar-refractivity contribution in [3.8, 4) is 17.9 Å². The van der Waals surface area contributed by atoms with Gasteiger partial charge in [0.05, 0.1) is 17.0 Å². The fourth-order valence-electron chi connectivity index (χ4n) is 2.15. The summed E-state index contributed by atoms with van der Waals surface area (Å²) < 4.78 is 5.43. The van der Waals surface area contributed by atoms with Gasteiger partial charge in [0.2, 0.25) is 0 Å². The molecule has 0 aliphatic heterocycles. The minimum atomic E-state index is -1.02. The number of carboxylic acids is 1. The normalized spacial score (nSPS) is 18.1. The van der Waals surface area contributed by atoms with Gasteiger partial charge in [0, 0.05) is 12.7 Å². The molecule has 1 atom stereocenters. The van der Waals surface area contributed by atoms with Crippen molar-refractivity contribution in [2.45, 2.75) is 25.4 Å². The van der Waals surface area contributed by atoms with Gasteiger partial charge in [-0.1, -0.05) is 24.0 Å². The highest BCUT2D eigenvalue weighted by Crippen LogP contribution is 2.54. The number of benzene rings is 1. The third-order valence-electron chi connectivity index (χ3n) is 3.88. The molecule has 0 aromatic heterocycles. The van der Waals surface area contributed by atoms with Crippen LogP contribution < -0.4 is 0 Å². The van der Waals surface area contributed by atoms with Crippen molar-refractivity contribution in [2.24, 2.45) is 5.41 Å². The number of ether oxygens (including phenoxy) is 1. The zero-order chi connectivity index (χ0) is 14.8. The monoisotopic (exact) mass is 269 g/mol. The van der Waals surface area contributed by atoms with Crippen LogP contribution in [0.25, 0.3) is 0 Å². The van der Waals surface area contributed by atoms with Gasteiger partial charge in [-0.05, 0) is 31.9 Å². The summed E-state index contributed by atoms with van der Waals surface area (Å²) in [7, 11) is 1.52. The Morgan fingerprint density at radius 1 is 1.45 bits per heavy atom. The van der Waals surface area contributed by atoms with E-state index in [1.807, 2.05) is 0 Å². The molecule has 1 aliphatic rings. The van der Waals surface area contributed by atoms with Gasteiger partial charge in [-0.2, -0.15) is 5.26 Å². The second kappa shape index (κ2) is 5.00. The van der Waals surface area contributed by atoms with Crippen LogP contribution >= 0.6 is 0 Å². The number of hydrogen-bond acceptors (Lipinski definition) is 3. The Labute approximate surface area is 118 Å². The summed E-state index contributed by atoms with van der Waals surface area (Å²) in [6.45, 7) is 1.78. The van der Waals surface area contributed by atoms with E-state index in [-0.39, 0.29) is 5.56 Å². The third kappa shape index (κ3) is 2.27. The first kappa shape index (κ1) is 14.1. The smallest absolute Gasteiger partial charge is 0.336 e. The lowest BCUT2D eigenvalue weighted by atomic mass is 9.87. The van der Waals surface area contributed by atoms with Crippen molar-refractivity contribution < 1.29 is 14.6 Å². The molecule has 4 heteroatoms. The highest BCUT2D eigenvalue weighted by Gasteiger charge is 2.58. The third-order valence-corrected chi connectivity index (χ3v) is 3.88. The molecule has 0 saturated heterocycles. The lowest BCUT2D eigenvalue weighted by molar-refractivity contribution is 0.0147. The van der Waals surface area contributed by atoms with Crippen LogP contribution in [0.2, 0.25) is 0 Å². The van der Waals surface area contributed by atoms with Gasteiger partial charge in [0.1, 0.15) is 5.60 Å². The Bertz CT molecular complexity index is 644. The Morgan fingerprint density at radius 3 is 2.60 bits per heavy atom. The fourth-order valence-corrected chi connectivity index (χ4v) is 2.15. The molecule has 1 saturated carbocycles. The highest BCUT2D eigenvalue weighted by molar-refractivity contribution is 5.90. The first-order valence-electron chi connectivity index (χ1n) is 6.30. The van der Waals surface area contributed by atoms with E-state index < -0.39 is 17.0 Å². The molecule has 102 valence electrons. The quantitative estimate of drug-likeness (QED) is 0.856. The molecule has 1 aromatic rings. The second-order valence-electron chi connectivity index (χ2n) is 5.03. The van der Waals surface area contributed by atoms with Gasteiger partial charge in [-0.15, -0.1) is 0 Å². The van der Waals surface area contributed by atoms with E-state index in [1.165, 1.54) is 13.2 Å². The largest absolute Gasteiger partial charge is 0.478 e. The predicted octanol–water partition coefficient (Wildman–Crippen LogP) is 2.45. The molecule has 0 unspecified atom stereocenters. The van der Waals surface area contributed by atoms with Crippen LogP contribution in [0, 0.1) is 28.6 Å². The second-order valence-corrected chi connectivity index (χ2v) is 5.03. The summed E-state index contributed by atoms with van der Waals surface area (Å²) in [4.78, 5) is 11.1. The fraction of sp³-hybridized carbons (Fsp3) is 0.375. The molecule has 0 spiro atoms. The van der Waals surface area contributed by atoms with Crippen LogP contribution in [0.4, 0.5) is 0 Å². The van der Waals surface area contributed by atoms with Crippen molar-refractivity contribution in [1.82, 2.24) is 0 Å². The maximum Gasteiger partial charge on any atom is 0.336 e. The number of nitrogens with zero attached hydrogens (tertiary/aromatic N) is 1. The summed E-state index contributed by atoms with van der Waals surface area (Å²) in [6.07, 6.45) is 1.51. The SMILES string of the molecule is CO[C@@](C)(C#Cc1ccccc1C(=O)O)C1(C#N)CC1.